The highest BCUT2D eigenvalue weighted by Gasteiger charge is 2.30. The van der Waals surface area contributed by atoms with E-state index in [1.165, 1.54) is 24.3 Å². The van der Waals surface area contributed by atoms with Crippen LogP contribution in [0.15, 0.2) is 121 Å². The maximum absolute atomic E-state index is 13.9. The summed E-state index contributed by atoms with van der Waals surface area (Å²) in [6, 6.07) is 32.1. The van der Waals surface area contributed by atoms with E-state index in [9.17, 15) is 27.9 Å². The molecule has 9 heteroatoms. The molecule has 0 aliphatic heterocycles. The van der Waals surface area contributed by atoms with Crippen molar-refractivity contribution < 1.29 is 27.9 Å². The van der Waals surface area contributed by atoms with E-state index >= 15 is 0 Å². The van der Waals surface area contributed by atoms with Gasteiger partial charge in [-0.05, 0) is 82.8 Å². The van der Waals surface area contributed by atoms with Crippen molar-refractivity contribution in [3.8, 4) is 22.3 Å². The molecule has 0 unspecified atom stereocenters. The molecule has 1 amide bonds. The molecule has 0 saturated carbocycles. The molecule has 6 nitrogen and oxygen atoms in total. The van der Waals surface area contributed by atoms with Crippen LogP contribution in [-0.2, 0) is 12.7 Å². The predicted octanol–water partition coefficient (Wildman–Crippen LogP) is 8.63. The van der Waals surface area contributed by atoms with Gasteiger partial charge < -0.3 is 10.4 Å². The first-order chi connectivity index (χ1) is 22.1. The van der Waals surface area contributed by atoms with Crippen molar-refractivity contribution in [2.24, 2.45) is 0 Å². The number of carbonyl (C=O) groups is 2. The molecular weight excluding hydrogens is 591 g/mol. The highest BCUT2D eigenvalue weighted by Crippen LogP contribution is 2.33. The summed E-state index contributed by atoms with van der Waals surface area (Å²) in [7, 11) is 0. The molecule has 0 aliphatic rings. The number of rotatable bonds is 8. The predicted molar refractivity (Wildman–Crippen MR) is 170 cm³/mol. The molecule has 0 radical (unpaired) electrons. The Morgan fingerprint density at radius 1 is 0.804 bits per heavy atom. The van der Waals surface area contributed by atoms with Gasteiger partial charge in [0, 0.05) is 5.39 Å². The molecular formula is C37H28F3N3O3. The summed E-state index contributed by atoms with van der Waals surface area (Å²) in [5.74, 6) is -1.46. The third-order valence-corrected chi connectivity index (χ3v) is 7.90. The lowest BCUT2D eigenvalue weighted by molar-refractivity contribution is -0.137. The van der Waals surface area contributed by atoms with Gasteiger partial charge in [-0.3, -0.25) is 9.48 Å². The minimum atomic E-state index is -4.47. The maximum atomic E-state index is 13.9. The number of carboxylic acids is 1. The zero-order chi connectivity index (χ0) is 32.4. The van der Waals surface area contributed by atoms with Crippen molar-refractivity contribution in [1.29, 1.82) is 0 Å². The van der Waals surface area contributed by atoms with Gasteiger partial charge in [-0.2, -0.15) is 18.3 Å². The van der Waals surface area contributed by atoms with Crippen LogP contribution in [0.2, 0.25) is 0 Å². The summed E-state index contributed by atoms with van der Waals surface area (Å²) in [6.07, 6.45) is -2.82. The number of halogens is 3. The Hall–Kier alpha value is -5.70. The number of hydrogen-bond acceptors (Lipinski definition) is 3. The molecule has 1 aromatic heterocycles. The van der Waals surface area contributed by atoms with Gasteiger partial charge in [-0.15, -0.1) is 0 Å². The molecule has 0 aliphatic carbocycles. The fraction of sp³-hybridized carbons (Fsp3) is 0.108. The van der Waals surface area contributed by atoms with Gasteiger partial charge in [0.05, 0.1) is 41.0 Å². The van der Waals surface area contributed by atoms with Crippen LogP contribution >= 0.6 is 0 Å². The van der Waals surface area contributed by atoms with Crippen LogP contribution in [0.1, 0.15) is 50.4 Å². The summed E-state index contributed by atoms with van der Waals surface area (Å²) < 4.78 is 41.4. The number of fused-ring (bicyclic) bond motifs is 1. The van der Waals surface area contributed by atoms with E-state index in [0.717, 1.165) is 28.8 Å². The Morgan fingerprint density at radius 3 is 2.15 bits per heavy atom. The lowest BCUT2D eigenvalue weighted by atomic mass is 9.98. The van der Waals surface area contributed by atoms with E-state index in [-0.39, 0.29) is 5.56 Å². The topological polar surface area (TPSA) is 84.2 Å². The molecule has 6 rings (SSSR count). The van der Waals surface area contributed by atoms with Crippen molar-refractivity contribution in [3.05, 3.63) is 149 Å². The smallest absolute Gasteiger partial charge is 0.416 e. The number of amides is 1. The van der Waals surface area contributed by atoms with E-state index in [2.05, 4.69) is 16.5 Å². The highest BCUT2D eigenvalue weighted by atomic mass is 19.4. The summed E-state index contributed by atoms with van der Waals surface area (Å²) in [5.41, 5.74) is 5.12. The van der Waals surface area contributed by atoms with Crippen molar-refractivity contribution >= 4 is 22.8 Å². The average molecular weight is 620 g/mol. The van der Waals surface area contributed by atoms with Gasteiger partial charge in [-0.1, -0.05) is 72.8 Å². The van der Waals surface area contributed by atoms with Crippen molar-refractivity contribution in [2.45, 2.75) is 25.7 Å². The second kappa shape index (κ2) is 12.4. The van der Waals surface area contributed by atoms with Crippen molar-refractivity contribution in [1.82, 2.24) is 15.1 Å². The Bertz CT molecular complexity index is 2040. The maximum Gasteiger partial charge on any atom is 0.416 e. The van der Waals surface area contributed by atoms with Gasteiger partial charge in [0.1, 0.15) is 0 Å². The Labute approximate surface area is 262 Å². The SMILES string of the molecule is C[C@H](NC(=O)c1cc(-c2ccc(C(F)(F)F)cc2)cc2cnn(Cc3cccc(-c4ccccc4)c3)c12)c1ccc(C(=O)O)cc1. The number of nitrogens with one attached hydrogen (secondary N) is 1. The average Bonchev–Trinajstić information content (AvgIpc) is 3.46. The first-order valence-electron chi connectivity index (χ1n) is 14.5. The molecule has 1 atom stereocenters. The number of carboxylic acid groups (broad SMARTS) is 1. The van der Waals surface area contributed by atoms with E-state index in [0.29, 0.717) is 39.7 Å². The molecule has 0 saturated heterocycles. The minimum Gasteiger partial charge on any atom is -0.478 e. The van der Waals surface area contributed by atoms with Crippen LogP contribution in [0, 0.1) is 0 Å². The van der Waals surface area contributed by atoms with Crippen LogP contribution in [0.5, 0.6) is 0 Å². The fourth-order valence-corrected chi connectivity index (χ4v) is 5.47. The summed E-state index contributed by atoms with van der Waals surface area (Å²) in [6.45, 7) is 2.16. The van der Waals surface area contributed by atoms with Crippen LogP contribution < -0.4 is 5.32 Å². The standard InChI is InChI=1S/C37H28F3N3O3/c1-23(25-10-12-28(13-11-25)36(45)46)42-35(44)33-20-30(27-14-16-32(17-15-27)37(38,39)40)19-31-21-41-43(34(31)33)22-24-6-5-9-29(18-24)26-7-3-2-4-8-26/h2-21,23H,22H2,1H3,(H,42,44)(H,45,46)/t23-/m0/s1. The van der Waals surface area contributed by atoms with Gasteiger partial charge in [0.15, 0.2) is 0 Å². The lowest BCUT2D eigenvalue weighted by Crippen LogP contribution is -2.27. The van der Waals surface area contributed by atoms with E-state index in [1.54, 1.807) is 36.0 Å². The quantitative estimate of drug-likeness (QED) is 0.179. The Morgan fingerprint density at radius 2 is 1.48 bits per heavy atom. The fourth-order valence-electron chi connectivity index (χ4n) is 5.47. The zero-order valence-corrected chi connectivity index (χ0v) is 24.6. The van der Waals surface area contributed by atoms with Gasteiger partial charge >= 0.3 is 12.1 Å². The number of hydrogen-bond donors (Lipinski definition) is 2. The van der Waals surface area contributed by atoms with Crippen LogP contribution in [0.4, 0.5) is 13.2 Å². The summed E-state index contributed by atoms with van der Waals surface area (Å²) in [5, 5.41) is 17.5. The third kappa shape index (κ3) is 6.39. The molecule has 1 heterocycles. The second-order valence-electron chi connectivity index (χ2n) is 11.0. The van der Waals surface area contributed by atoms with Crippen LogP contribution in [0.25, 0.3) is 33.2 Å². The highest BCUT2D eigenvalue weighted by molar-refractivity contribution is 6.07. The molecule has 2 N–H and O–H groups in total. The van der Waals surface area contributed by atoms with Crippen molar-refractivity contribution in [2.75, 3.05) is 0 Å². The summed E-state index contributed by atoms with van der Waals surface area (Å²) >= 11 is 0. The molecule has 0 spiro atoms. The third-order valence-electron chi connectivity index (χ3n) is 7.90. The van der Waals surface area contributed by atoms with E-state index in [4.69, 9.17) is 0 Å². The molecule has 0 bridgehead atoms. The minimum absolute atomic E-state index is 0.133. The molecule has 5 aromatic carbocycles. The molecule has 6 aromatic rings. The number of carbonyl (C=O) groups excluding carboxylic acids is 1. The van der Waals surface area contributed by atoms with Gasteiger partial charge in [0.25, 0.3) is 5.91 Å². The normalized spacial score (nSPS) is 12.2. The lowest BCUT2D eigenvalue weighted by Gasteiger charge is -2.17. The molecule has 230 valence electrons. The second-order valence-corrected chi connectivity index (χ2v) is 11.0. The molecule has 0 fully saturated rings. The number of alkyl halides is 3. The number of aromatic carboxylic acids is 1. The number of aromatic nitrogens is 2. The van der Waals surface area contributed by atoms with Crippen LogP contribution in [0.3, 0.4) is 0 Å². The zero-order valence-electron chi connectivity index (χ0n) is 24.6. The Kier molecular flexibility index (Phi) is 8.15. The molecule has 46 heavy (non-hydrogen) atoms. The van der Waals surface area contributed by atoms with Gasteiger partial charge in [0.2, 0.25) is 0 Å². The van der Waals surface area contributed by atoms with Crippen LogP contribution in [-0.4, -0.2) is 26.8 Å². The number of nitrogens with zero attached hydrogens (tertiary/aromatic N) is 2. The van der Waals surface area contributed by atoms with Crippen molar-refractivity contribution in [3.63, 3.8) is 0 Å². The number of benzene rings is 5. The Balaban J connectivity index is 1.39. The largest absolute Gasteiger partial charge is 0.478 e. The summed E-state index contributed by atoms with van der Waals surface area (Å²) in [4.78, 5) is 25.2. The first-order valence-corrected chi connectivity index (χ1v) is 14.5. The van der Waals surface area contributed by atoms with Gasteiger partial charge in [-0.25, -0.2) is 4.79 Å². The van der Waals surface area contributed by atoms with E-state index in [1.807, 2.05) is 54.6 Å². The van der Waals surface area contributed by atoms with E-state index < -0.39 is 29.7 Å². The first kappa shape index (κ1) is 30.3. The monoisotopic (exact) mass is 619 g/mol.